The maximum atomic E-state index is 12.5. The molecule has 3 aromatic rings. The normalized spacial score (nSPS) is 11.7. The van der Waals surface area contributed by atoms with Gasteiger partial charge in [0, 0.05) is 17.8 Å². The first-order valence-electron chi connectivity index (χ1n) is 9.64. The maximum Gasteiger partial charge on any atom is 0.338 e. The van der Waals surface area contributed by atoms with Gasteiger partial charge in [-0.25, -0.2) is 9.78 Å². The largest absolute Gasteiger partial charge is 0.449 e. The Labute approximate surface area is 177 Å². The molecule has 9 nitrogen and oxygen atoms in total. The quantitative estimate of drug-likeness (QED) is 0.584. The summed E-state index contributed by atoms with van der Waals surface area (Å²) in [4.78, 5) is 52.4. The average molecular weight is 422 g/mol. The van der Waals surface area contributed by atoms with Crippen LogP contribution in [0.1, 0.15) is 40.3 Å². The highest BCUT2D eigenvalue weighted by Crippen LogP contribution is 2.16. The van der Waals surface area contributed by atoms with Gasteiger partial charge >= 0.3 is 5.97 Å². The number of nitrogens with one attached hydrogen (secondary N) is 1. The van der Waals surface area contributed by atoms with Gasteiger partial charge in [-0.1, -0.05) is 0 Å². The third-order valence-electron chi connectivity index (χ3n) is 4.75. The van der Waals surface area contributed by atoms with Gasteiger partial charge in [0.1, 0.15) is 5.69 Å². The Morgan fingerprint density at radius 3 is 2.39 bits per heavy atom. The van der Waals surface area contributed by atoms with E-state index in [0.717, 1.165) is 0 Å². The summed E-state index contributed by atoms with van der Waals surface area (Å²) in [6, 6.07) is 10.7. The van der Waals surface area contributed by atoms with Crippen LogP contribution in [0.2, 0.25) is 0 Å². The lowest BCUT2D eigenvalue weighted by Crippen LogP contribution is -2.30. The molecule has 2 aromatic carbocycles. The van der Waals surface area contributed by atoms with Gasteiger partial charge in [0.15, 0.2) is 6.10 Å². The summed E-state index contributed by atoms with van der Waals surface area (Å²) >= 11 is 0. The Morgan fingerprint density at radius 1 is 1.13 bits per heavy atom. The van der Waals surface area contributed by atoms with E-state index >= 15 is 0 Å². The molecule has 0 saturated heterocycles. The van der Waals surface area contributed by atoms with Crippen LogP contribution in [0.25, 0.3) is 11.0 Å². The summed E-state index contributed by atoms with van der Waals surface area (Å²) in [5, 5.41) is 2.60. The number of carbonyl (C=O) groups is 3. The van der Waals surface area contributed by atoms with Crippen LogP contribution in [0.5, 0.6) is 0 Å². The zero-order valence-corrected chi connectivity index (χ0v) is 17.3. The number of amides is 2. The van der Waals surface area contributed by atoms with Crippen LogP contribution >= 0.6 is 0 Å². The van der Waals surface area contributed by atoms with Gasteiger partial charge in [0.05, 0.1) is 16.6 Å². The van der Waals surface area contributed by atoms with Crippen LogP contribution in [0, 0.1) is 6.92 Å². The van der Waals surface area contributed by atoms with Crippen LogP contribution in [-0.4, -0.2) is 33.4 Å². The number of ether oxygens (including phenoxy) is 1. The number of anilines is 1. The molecule has 0 spiro atoms. The van der Waals surface area contributed by atoms with Crippen molar-refractivity contribution in [2.75, 3.05) is 5.32 Å². The van der Waals surface area contributed by atoms with Gasteiger partial charge in [0.25, 0.3) is 11.5 Å². The molecule has 0 saturated carbocycles. The highest BCUT2D eigenvalue weighted by Gasteiger charge is 2.20. The molecule has 0 aliphatic carbocycles. The Bertz CT molecular complexity index is 1230. The first-order valence-corrected chi connectivity index (χ1v) is 9.64. The summed E-state index contributed by atoms with van der Waals surface area (Å²) in [6.07, 6.45) is -1.07. The molecule has 2 amide bonds. The van der Waals surface area contributed by atoms with E-state index in [1.54, 1.807) is 17.6 Å². The second kappa shape index (κ2) is 8.78. The number of hydrogen-bond donors (Lipinski definition) is 2. The van der Waals surface area contributed by atoms with E-state index in [9.17, 15) is 19.2 Å². The predicted molar refractivity (Wildman–Crippen MR) is 115 cm³/mol. The zero-order chi connectivity index (χ0) is 22.7. The van der Waals surface area contributed by atoms with Crippen LogP contribution in [0.4, 0.5) is 5.69 Å². The Balaban J connectivity index is 1.73. The summed E-state index contributed by atoms with van der Waals surface area (Å²) in [5.74, 6) is -1.80. The molecule has 1 aromatic heterocycles. The number of benzene rings is 2. The van der Waals surface area contributed by atoms with E-state index in [1.165, 1.54) is 43.3 Å². The first-order chi connectivity index (χ1) is 14.7. The van der Waals surface area contributed by atoms with Crippen molar-refractivity contribution in [3.05, 3.63) is 69.6 Å². The van der Waals surface area contributed by atoms with E-state index in [-0.39, 0.29) is 11.1 Å². The number of rotatable bonds is 6. The van der Waals surface area contributed by atoms with Gasteiger partial charge in [-0.3, -0.25) is 14.4 Å². The van der Waals surface area contributed by atoms with Gasteiger partial charge in [-0.15, -0.1) is 0 Å². The highest BCUT2D eigenvalue weighted by atomic mass is 16.5. The van der Waals surface area contributed by atoms with Crippen LogP contribution in [-0.2, 0) is 16.1 Å². The molecule has 0 aliphatic heterocycles. The highest BCUT2D eigenvalue weighted by molar-refractivity contribution is 5.99. The average Bonchev–Trinajstić information content (AvgIpc) is 2.74. The van der Waals surface area contributed by atoms with Crippen molar-refractivity contribution in [1.82, 2.24) is 9.55 Å². The molecular formula is C22H22N4O5. The van der Waals surface area contributed by atoms with E-state index in [1.807, 2.05) is 6.92 Å². The molecule has 9 heteroatoms. The molecule has 160 valence electrons. The van der Waals surface area contributed by atoms with Crippen LogP contribution in [0.3, 0.4) is 0 Å². The monoisotopic (exact) mass is 422 g/mol. The standard InChI is InChI=1S/C22H22N4O5/c1-4-26-18-10-7-15(11-17(18)24-12(2)21(26)29)22(30)31-13(3)20(28)25-16-8-5-14(6-9-16)19(23)27/h5-11,13H,4H2,1-3H3,(H2,23,27)(H,25,28)/t13-/m1/s1. The SMILES string of the molecule is CCn1c(=O)c(C)nc2cc(C(=O)O[C@H](C)C(=O)Nc3ccc(C(N)=O)cc3)ccc21. The number of aryl methyl sites for hydroxylation is 2. The third-order valence-corrected chi connectivity index (χ3v) is 4.75. The number of fused-ring (bicyclic) bond motifs is 1. The van der Waals surface area contributed by atoms with E-state index in [4.69, 9.17) is 10.5 Å². The summed E-state index contributed by atoms with van der Waals surface area (Å²) in [7, 11) is 0. The fraction of sp³-hybridized carbons (Fsp3) is 0.227. The second-order valence-corrected chi connectivity index (χ2v) is 6.93. The Hall–Kier alpha value is -4.01. The van der Waals surface area contributed by atoms with Crippen LogP contribution in [0.15, 0.2) is 47.3 Å². The molecule has 0 bridgehead atoms. The molecule has 0 unspecified atom stereocenters. The van der Waals surface area contributed by atoms with Gasteiger partial charge in [0.2, 0.25) is 5.91 Å². The smallest absolute Gasteiger partial charge is 0.338 e. The lowest BCUT2D eigenvalue weighted by Gasteiger charge is -2.14. The summed E-state index contributed by atoms with van der Waals surface area (Å²) < 4.78 is 6.85. The molecule has 1 atom stereocenters. The lowest BCUT2D eigenvalue weighted by atomic mass is 10.2. The summed E-state index contributed by atoms with van der Waals surface area (Å²) in [5.41, 5.74) is 7.39. The number of hydrogen-bond acceptors (Lipinski definition) is 6. The van der Waals surface area contributed by atoms with Crippen molar-refractivity contribution in [1.29, 1.82) is 0 Å². The molecule has 0 fully saturated rings. The minimum Gasteiger partial charge on any atom is -0.449 e. The molecule has 0 aliphatic rings. The van der Waals surface area contributed by atoms with Crippen molar-refractivity contribution in [2.45, 2.75) is 33.4 Å². The molecular weight excluding hydrogens is 400 g/mol. The zero-order valence-electron chi connectivity index (χ0n) is 17.3. The van der Waals surface area contributed by atoms with Crippen molar-refractivity contribution in [2.24, 2.45) is 5.73 Å². The van der Waals surface area contributed by atoms with Crippen molar-refractivity contribution < 1.29 is 19.1 Å². The minimum absolute atomic E-state index is 0.181. The number of carbonyl (C=O) groups excluding carboxylic acids is 3. The fourth-order valence-corrected chi connectivity index (χ4v) is 3.06. The third kappa shape index (κ3) is 4.61. The number of esters is 1. The number of primary amides is 1. The lowest BCUT2D eigenvalue weighted by molar-refractivity contribution is -0.123. The van der Waals surface area contributed by atoms with Gasteiger partial charge in [-0.05, 0) is 63.2 Å². The van der Waals surface area contributed by atoms with Gasteiger partial charge < -0.3 is 20.4 Å². The van der Waals surface area contributed by atoms with E-state index < -0.39 is 23.9 Å². The van der Waals surface area contributed by atoms with Gasteiger partial charge in [-0.2, -0.15) is 0 Å². The number of aromatic nitrogens is 2. The molecule has 3 rings (SSSR count). The predicted octanol–water partition coefficient (Wildman–Crippen LogP) is 2.01. The van der Waals surface area contributed by atoms with E-state index in [0.29, 0.717) is 34.5 Å². The minimum atomic E-state index is -1.07. The second-order valence-electron chi connectivity index (χ2n) is 6.93. The molecule has 0 radical (unpaired) electrons. The maximum absolute atomic E-state index is 12.5. The first kappa shape index (κ1) is 21.7. The fourth-order valence-electron chi connectivity index (χ4n) is 3.06. The topological polar surface area (TPSA) is 133 Å². The molecule has 1 heterocycles. The summed E-state index contributed by atoms with van der Waals surface area (Å²) in [6.45, 7) is 5.38. The molecule has 31 heavy (non-hydrogen) atoms. The van der Waals surface area contributed by atoms with Crippen molar-refractivity contribution >= 4 is 34.5 Å². The molecule has 3 N–H and O–H groups in total. The Kier molecular flexibility index (Phi) is 6.15. The van der Waals surface area contributed by atoms with Crippen molar-refractivity contribution in [3.63, 3.8) is 0 Å². The van der Waals surface area contributed by atoms with Crippen molar-refractivity contribution in [3.8, 4) is 0 Å². The number of nitrogens with two attached hydrogens (primary N) is 1. The Morgan fingerprint density at radius 2 is 1.77 bits per heavy atom. The van der Waals surface area contributed by atoms with E-state index in [2.05, 4.69) is 10.3 Å². The number of nitrogens with zero attached hydrogens (tertiary/aromatic N) is 2. The van der Waals surface area contributed by atoms with Crippen LogP contribution < -0.4 is 16.6 Å².